The summed E-state index contributed by atoms with van der Waals surface area (Å²) in [5, 5.41) is 8.72. The molecule has 1 N–H and O–H groups in total. The molecular formula is C14H20O3. The van der Waals surface area contributed by atoms with Gasteiger partial charge in [-0.1, -0.05) is 39.8 Å². The Kier molecular flexibility index (Phi) is 4.16. The van der Waals surface area contributed by atoms with E-state index in [-0.39, 0.29) is 5.41 Å². The predicted molar refractivity (Wildman–Crippen MR) is 67.8 cm³/mol. The van der Waals surface area contributed by atoms with E-state index in [1.54, 1.807) is 6.07 Å². The minimum Gasteiger partial charge on any atom is -0.449 e. The van der Waals surface area contributed by atoms with Crippen LogP contribution in [0.1, 0.15) is 45.2 Å². The third kappa shape index (κ3) is 2.99. The normalized spacial score (nSPS) is 11.3. The minimum absolute atomic E-state index is 0.0310. The van der Waals surface area contributed by atoms with Gasteiger partial charge in [-0.3, -0.25) is 0 Å². The van der Waals surface area contributed by atoms with Crippen LogP contribution in [0.25, 0.3) is 0 Å². The van der Waals surface area contributed by atoms with Crippen molar-refractivity contribution >= 4 is 6.16 Å². The maximum Gasteiger partial charge on any atom is 0.511 e. The van der Waals surface area contributed by atoms with Gasteiger partial charge in [-0.25, -0.2) is 4.79 Å². The Morgan fingerprint density at radius 3 is 2.47 bits per heavy atom. The van der Waals surface area contributed by atoms with Crippen molar-refractivity contribution in [3.63, 3.8) is 0 Å². The lowest BCUT2D eigenvalue weighted by Gasteiger charge is -2.27. The zero-order valence-electron chi connectivity index (χ0n) is 10.9. The number of carboxylic acid groups (broad SMARTS) is 1. The lowest BCUT2D eigenvalue weighted by atomic mass is 9.79. The van der Waals surface area contributed by atoms with Crippen LogP contribution < -0.4 is 4.74 Å². The lowest BCUT2D eigenvalue weighted by molar-refractivity contribution is 0.144. The standard InChI is InChI=1S/C14H20O3/c1-5-10-11(14(3,4)6-2)8-7-9-12(10)17-13(15)16/h7-9H,5-6H2,1-4H3,(H,15,16). The van der Waals surface area contributed by atoms with E-state index in [0.29, 0.717) is 5.75 Å². The van der Waals surface area contributed by atoms with Crippen molar-refractivity contribution in [2.45, 2.75) is 46.0 Å². The van der Waals surface area contributed by atoms with Crippen molar-refractivity contribution in [3.05, 3.63) is 29.3 Å². The van der Waals surface area contributed by atoms with Crippen LogP contribution in [-0.4, -0.2) is 11.3 Å². The van der Waals surface area contributed by atoms with Gasteiger partial charge in [0.25, 0.3) is 0 Å². The van der Waals surface area contributed by atoms with Gasteiger partial charge in [-0.2, -0.15) is 0 Å². The van der Waals surface area contributed by atoms with Gasteiger partial charge >= 0.3 is 6.16 Å². The highest BCUT2D eigenvalue weighted by molar-refractivity contribution is 5.62. The van der Waals surface area contributed by atoms with Gasteiger partial charge < -0.3 is 9.84 Å². The van der Waals surface area contributed by atoms with Crippen LogP contribution in [0.3, 0.4) is 0 Å². The molecule has 1 aromatic carbocycles. The van der Waals surface area contributed by atoms with E-state index in [0.717, 1.165) is 18.4 Å². The Balaban J connectivity index is 3.28. The summed E-state index contributed by atoms with van der Waals surface area (Å²) < 4.78 is 4.83. The summed E-state index contributed by atoms with van der Waals surface area (Å²) in [5.74, 6) is 0.457. The number of benzene rings is 1. The van der Waals surface area contributed by atoms with Gasteiger partial charge in [0, 0.05) is 0 Å². The molecule has 3 heteroatoms. The van der Waals surface area contributed by atoms with E-state index < -0.39 is 6.16 Å². The summed E-state index contributed by atoms with van der Waals surface area (Å²) in [6, 6.07) is 5.61. The molecule has 0 spiro atoms. The predicted octanol–water partition coefficient (Wildman–Crippen LogP) is 3.99. The molecule has 0 bridgehead atoms. The summed E-state index contributed by atoms with van der Waals surface area (Å²) >= 11 is 0. The molecule has 0 unspecified atom stereocenters. The van der Waals surface area contributed by atoms with Crippen molar-refractivity contribution in [2.24, 2.45) is 0 Å². The van der Waals surface area contributed by atoms with E-state index in [1.165, 1.54) is 5.56 Å². The van der Waals surface area contributed by atoms with Gasteiger partial charge in [-0.05, 0) is 35.4 Å². The summed E-state index contributed by atoms with van der Waals surface area (Å²) in [6.07, 6.45) is 0.504. The molecule has 1 rings (SSSR count). The Labute approximate surface area is 102 Å². The second-order valence-electron chi connectivity index (χ2n) is 4.74. The molecular weight excluding hydrogens is 216 g/mol. The minimum atomic E-state index is -1.26. The van der Waals surface area contributed by atoms with Crippen molar-refractivity contribution in [1.82, 2.24) is 0 Å². The quantitative estimate of drug-likeness (QED) is 0.635. The second-order valence-corrected chi connectivity index (χ2v) is 4.74. The van der Waals surface area contributed by atoms with Crippen LogP contribution in [0.4, 0.5) is 4.79 Å². The SMILES string of the molecule is CCc1c(OC(=O)O)cccc1C(C)(C)CC. The smallest absolute Gasteiger partial charge is 0.449 e. The summed E-state index contributed by atoms with van der Waals surface area (Å²) in [6.45, 7) is 8.46. The lowest BCUT2D eigenvalue weighted by Crippen LogP contribution is -2.19. The molecule has 1 aromatic rings. The van der Waals surface area contributed by atoms with Gasteiger partial charge in [0.05, 0.1) is 0 Å². The Bertz CT molecular complexity index is 408. The molecule has 0 fully saturated rings. The summed E-state index contributed by atoms with van der Waals surface area (Å²) in [4.78, 5) is 10.6. The molecule has 0 atom stereocenters. The van der Waals surface area contributed by atoms with Crippen molar-refractivity contribution < 1.29 is 14.6 Å². The first kappa shape index (κ1) is 13.6. The number of hydrogen-bond donors (Lipinski definition) is 1. The Hall–Kier alpha value is -1.51. The molecule has 94 valence electrons. The number of carbonyl (C=O) groups is 1. The summed E-state index contributed by atoms with van der Waals surface area (Å²) in [5.41, 5.74) is 2.19. The topological polar surface area (TPSA) is 46.5 Å². The molecule has 0 heterocycles. The molecule has 3 nitrogen and oxygen atoms in total. The Morgan fingerprint density at radius 1 is 1.35 bits per heavy atom. The van der Waals surface area contributed by atoms with Gasteiger partial charge in [0.2, 0.25) is 0 Å². The summed E-state index contributed by atoms with van der Waals surface area (Å²) in [7, 11) is 0. The largest absolute Gasteiger partial charge is 0.511 e. The van der Waals surface area contributed by atoms with Crippen LogP contribution >= 0.6 is 0 Å². The first-order valence-corrected chi connectivity index (χ1v) is 5.95. The third-order valence-corrected chi connectivity index (χ3v) is 3.30. The highest BCUT2D eigenvalue weighted by Gasteiger charge is 2.23. The average Bonchev–Trinajstić information content (AvgIpc) is 2.28. The third-order valence-electron chi connectivity index (χ3n) is 3.30. The molecule has 0 saturated carbocycles. The van der Waals surface area contributed by atoms with E-state index in [4.69, 9.17) is 9.84 Å². The highest BCUT2D eigenvalue weighted by atomic mass is 16.7. The fourth-order valence-electron chi connectivity index (χ4n) is 1.94. The van der Waals surface area contributed by atoms with E-state index >= 15 is 0 Å². The molecule has 0 aliphatic rings. The highest BCUT2D eigenvalue weighted by Crippen LogP contribution is 2.34. The molecule has 0 saturated heterocycles. The van der Waals surface area contributed by atoms with E-state index in [2.05, 4.69) is 26.8 Å². The van der Waals surface area contributed by atoms with Crippen LogP contribution in [0.5, 0.6) is 5.75 Å². The first-order chi connectivity index (χ1) is 7.92. The van der Waals surface area contributed by atoms with Crippen molar-refractivity contribution in [1.29, 1.82) is 0 Å². The first-order valence-electron chi connectivity index (χ1n) is 5.95. The maximum absolute atomic E-state index is 10.6. The number of ether oxygens (including phenoxy) is 1. The van der Waals surface area contributed by atoms with Crippen molar-refractivity contribution in [3.8, 4) is 5.75 Å². The van der Waals surface area contributed by atoms with E-state index in [9.17, 15) is 4.79 Å². The van der Waals surface area contributed by atoms with Crippen LogP contribution in [-0.2, 0) is 11.8 Å². The molecule has 0 aromatic heterocycles. The van der Waals surface area contributed by atoms with Crippen LogP contribution in [0.15, 0.2) is 18.2 Å². The van der Waals surface area contributed by atoms with Crippen LogP contribution in [0, 0.1) is 0 Å². The second kappa shape index (κ2) is 5.21. The zero-order valence-corrected chi connectivity index (χ0v) is 10.9. The molecule has 0 amide bonds. The zero-order chi connectivity index (χ0) is 13.1. The van der Waals surface area contributed by atoms with Gasteiger partial charge in [-0.15, -0.1) is 0 Å². The number of hydrogen-bond acceptors (Lipinski definition) is 2. The Morgan fingerprint density at radius 2 is 2.00 bits per heavy atom. The monoisotopic (exact) mass is 236 g/mol. The fourth-order valence-corrected chi connectivity index (χ4v) is 1.94. The van der Waals surface area contributed by atoms with Gasteiger partial charge in [0.15, 0.2) is 0 Å². The molecule has 0 radical (unpaired) electrons. The van der Waals surface area contributed by atoms with Gasteiger partial charge in [0.1, 0.15) is 5.75 Å². The maximum atomic E-state index is 10.6. The van der Waals surface area contributed by atoms with Crippen molar-refractivity contribution in [2.75, 3.05) is 0 Å². The molecule has 17 heavy (non-hydrogen) atoms. The number of rotatable bonds is 4. The fraction of sp³-hybridized carbons (Fsp3) is 0.500. The van der Waals surface area contributed by atoms with Crippen LogP contribution in [0.2, 0.25) is 0 Å². The molecule has 0 aliphatic heterocycles. The molecule has 0 aliphatic carbocycles. The van der Waals surface area contributed by atoms with E-state index in [1.807, 2.05) is 13.0 Å². The average molecular weight is 236 g/mol.